The van der Waals surface area contributed by atoms with E-state index >= 15 is 0 Å². The van der Waals surface area contributed by atoms with Gasteiger partial charge in [0.25, 0.3) is 5.95 Å². The summed E-state index contributed by atoms with van der Waals surface area (Å²) in [7, 11) is 3.96. The molecule has 0 radical (unpaired) electrons. The van der Waals surface area contributed by atoms with Gasteiger partial charge in [-0.1, -0.05) is 12.1 Å². The Hall–Kier alpha value is -2.43. The first-order chi connectivity index (χ1) is 10.1. The highest BCUT2D eigenvalue weighted by atomic mass is 16.7. The van der Waals surface area contributed by atoms with Crippen LogP contribution in [0.5, 0.6) is 0 Å². The lowest BCUT2D eigenvalue weighted by atomic mass is 10.0. The average Bonchev–Trinajstić information content (AvgIpc) is 3.01. The van der Waals surface area contributed by atoms with Crippen LogP contribution in [0.3, 0.4) is 0 Å². The Morgan fingerprint density at radius 2 is 1.76 bits per heavy atom. The van der Waals surface area contributed by atoms with Gasteiger partial charge in [-0.05, 0) is 29.8 Å². The van der Waals surface area contributed by atoms with Crippen LogP contribution in [-0.4, -0.2) is 33.3 Å². The van der Waals surface area contributed by atoms with Gasteiger partial charge < -0.3 is 19.1 Å². The zero-order chi connectivity index (χ0) is 14.8. The molecule has 1 saturated heterocycles. The summed E-state index contributed by atoms with van der Waals surface area (Å²) in [6.07, 6.45) is 3.16. The summed E-state index contributed by atoms with van der Waals surface area (Å²) in [6, 6.07) is 7.90. The number of cyclic esters (lactones) is 1. The van der Waals surface area contributed by atoms with E-state index in [0.29, 0.717) is 18.8 Å². The second kappa shape index (κ2) is 5.52. The molecule has 3 rings (SSSR count). The van der Waals surface area contributed by atoms with E-state index in [-0.39, 0.29) is 12.0 Å². The van der Waals surface area contributed by atoms with Crippen LogP contribution in [0, 0.1) is 0 Å². The molecule has 0 spiro atoms. The van der Waals surface area contributed by atoms with E-state index in [1.807, 2.05) is 49.3 Å². The molecule has 1 fully saturated rings. The zero-order valence-corrected chi connectivity index (χ0v) is 12.0. The highest BCUT2D eigenvalue weighted by molar-refractivity contribution is 5.93. The van der Waals surface area contributed by atoms with Gasteiger partial charge in [0.2, 0.25) is 0 Å². The van der Waals surface area contributed by atoms with Gasteiger partial charge >= 0.3 is 5.97 Å². The number of esters is 1. The molecule has 0 saturated carbocycles. The van der Waals surface area contributed by atoms with Crippen molar-refractivity contribution in [1.82, 2.24) is 0 Å². The number of carbonyl (C=O) groups is 1. The van der Waals surface area contributed by atoms with Crippen molar-refractivity contribution in [2.45, 2.75) is 6.10 Å². The smallest absolute Gasteiger partial charge is 0.346 e. The summed E-state index contributed by atoms with van der Waals surface area (Å²) in [5, 5.41) is 0. The van der Waals surface area contributed by atoms with E-state index in [9.17, 15) is 4.79 Å². The monoisotopic (exact) mass is 287 g/mol. The minimum Gasteiger partial charge on any atom is -0.461 e. The molecule has 5 nitrogen and oxygen atoms in total. The van der Waals surface area contributed by atoms with E-state index in [0.717, 1.165) is 11.3 Å². The fraction of sp³-hybridized carbons (Fsp3) is 0.312. The highest BCUT2D eigenvalue weighted by Crippen LogP contribution is 2.29. The maximum atomic E-state index is 12.0. The Labute approximate surface area is 123 Å². The fourth-order valence-corrected chi connectivity index (χ4v) is 2.23. The predicted molar refractivity (Wildman–Crippen MR) is 77.7 cm³/mol. The van der Waals surface area contributed by atoms with Gasteiger partial charge in [0, 0.05) is 19.8 Å². The fourth-order valence-electron chi connectivity index (χ4n) is 2.23. The molecule has 5 heteroatoms. The van der Waals surface area contributed by atoms with E-state index in [2.05, 4.69) is 0 Å². The summed E-state index contributed by atoms with van der Waals surface area (Å²) in [5.41, 5.74) is 2.37. The SMILES string of the molecule is CN(C)c1ccc(C2C=CC(=C3OCCO3)C(=O)O2)cc1. The first-order valence-electron chi connectivity index (χ1n) is 6.81. The third-order valence-corrected chi connectivity index (χ3v) is 3.40. The number of ether oxygens (including phenoxy) is 3. The minimum absolute atomic E-state index is 0.262. The number of nitrogens with zero attached hydrogens (tertiary/aromatic N) is 1. The Morgan fingerprint density at radius 3 is 2.33 bits per heavy atom. The number of anilines is 1. The van der Waals surface area contributed by atoms with Crippen LogP contribution in [-0.2, 0) is 19.0 Å². The van der Waals surface area contributed by atoms with E-state index in [1.165, 1.54) is 0 Å². The lowest BCUT2D eigenvalue weighted by molar-refractivity contribution is -0.143. The van der Waals surface area contributed by atoms with Crippen molar-refractivity contribution >= 4 is 11.7 Å². The molecule has 1 aromatic carbocycles. The maximum Gasteiger partial charge on any atom is 0.346 e. The molecular weight excluding hydrogens is 270 g/mol. The quantitative estimate of drug-likeness (QED) is 0.616. The largest absolute Gasteiger partial charge is 0.461 e. The molecule has 0 aromatic heterocycles. The maximum absolute atomic E-state index is 12.0. The van der Waals surface area contributed by atoms with Crippen molar-refractivity contribution in [2.24, 2.45) is 0 Å². The van der Waals surface area contributed by atoms with E-state index < -0.39 is 5.97 Å². The Bertz CT molecular complexity index is 593. The second-order valence-electron chi connectivity index (χ2n) is 5.07. The van der Waals surface area contributed by atoms with Crippen molar-refractivity contribution < 1.29 is 19.0 Å². The molecule has 1 unspecified atom stereocenters. The average molecular weight is 287 g/mol. The number of hydrogen-bond donors (Lipinski definition) is 0. The molecule has 0 amide bonds. The molecule has 1 aromatic rings. The molecule has 0 N–H and O–H groups in total. The second-order valence-corrected chi connectivity index (χ2v) is 5.07. The van der Waals surface area contributed by atoms with Crippen molar-refractivity contribution in [3.63, 3.8) is 0 Å². The Morgan fingerprint density at radius 1 is 1.10 bits per heavy atom. The molecule has 0 aliphatic carbocycles. The van der Waals surface area contributed by atoms with Crippen molar-refractivity contribution in [2.75, 3.05) is 32.2 Å². The summed E-state index contributed by atoms with van der Waals surface area (Å²) < 4.78 is 15.9. The number of benzene rings is 1. The first-order valence-corrected chi connectivity index (χ1v) is 6.81. The van der Waals surface area contributed by atoms with Crippen LogP contribution in [0.4, 0.5) is 5.69 Å². The van der Waals surface area contributed by atoms with Gasteiger partial charge in [-0.15, -0.1) is 0 Å². The highest BCUT2D eigenvalue weighted by Gasteiger charge is 2.27. The van der Waals surface area contributed by atoms with Crippen molar-refractivity contribution in [1.29, 1.82) is 0 Å². The summed E-state index contributed by atoms with van der Waals surface area (Å²) in [4.78, 5) is 14.1. The first kappa shape index (κ1) is 13.5. The van der Waals surface area contributed by atoms with E-state index in [4.69, 9.17) is 14.2 Å². The molecule has 2 aliphatic rings. The predicted octanol–water partition coefficient (Wildman–Crippen LogP) is 2.17. The lowest BCUT2D eigenvalue weighted by Crippen LogP contribution is -2.17. The Balaban J connectivity index is 1.81. The summed E-state index contributed by atoms with van der Waals surface area (Å²) in [5.74, 6) is -0.159. The van der Waals surface area contributed by atoms with Gasteiger partial charge in [-0.3, -0.25) is 0 Å². The van der Waals surface area contributed by atoms with Crippen LogP contribution in [0.1, 0.15) is 11.7 Å². The molecular formula is C16H17NO4. The normalized spacial score (nSPS) is 20.9. The van der Waals surface area contributed by atoms with Crippen molar-refractivity contribution in [3.05, 3.63) is 53.5 Å². The molecule has 2 aliphatic heterocycles. The van der Waals surface area contributed by atoms with E-state index in [1.54, 1.807) is 6.08 Å². The van der Waals surface area contributed by atoms with Crippen LogP contribution in [0.15, 0.2) is 47.9 Å². The number of rotatable bonds is 2. The third kappa shape index (κ3) is 2.72. The third-order valence-electron chi connectivity index (χ3n) is 3.40. The molecule has 110 valence electrons. The summed E-state index contributed by atoms with van der Waals surface area (Å²) in [6.45, 7) is 0.935. The van der Waals surface area contributed by atoms with Gasteiger partial charge in [-0.25, -0.2) is 4.79 Å². The van der Waals surface area contributed by atoms with Gasteiger partial charge in [0.1, 0.15) is 24.9 Å². The van der Waals surface area contributed by atoms with Crippen LogP contribution in [0.25, 0.3) is 0 Å². The van der Waals surface area contributed by atoms with Gasteiger partial charge in [0.15, 0.2) is 0 Å². The van der Waals surface area contributed by atoms with Gasteiger partial charge in [-0.2, -0.15) is 0 Å². The minimum atomic E-state index is -0.420. The molecule has 1 atom stereocenters. The van der Waals surface area contributed by atoms with Crippen LogP contribution < -0.4 is 4.90 Å². The molecule has 0 bridgehead atoms. The van der Waals surface area contributed by atoms with Crippen molar-refractivity contribution in [3.8, 4) is 0 Å². The summed E-state index contributed by atoms with van der Waals surface area (Å²) >= 11 is 0. The standard InChI is InChI=1S/C16H17NO4/c1-17(2)12-5-3-11(4-6-12)14-8-7-13(15(18)21-14)16-19-9-10-20-16/h3-8,14H,9-10H2,1-2H3. The van der Waals surface area contributed by atoms with Crippen LogP contribution >= 0.6 is 0 Å². The number of hydrogen-bond acceptors (Lipinski definition) is 5. The molecule has 21 heavy (non-hydrogen) atoms. The van der Waals surface area contributed by atoms with Gasteiger partial charge in [0.05, 0.1) is 0 Å². The molecule has 2 heterocycles. The zero-order valence-electron chi connectivity index (χ0n) is 12.0. The number of carbonyl (C=O) groups excluding carboxylic acids is 1. The van der Waals surface area contributed by atoms with Crippen LogP contribution in [0.2, 0.25) is 0 Å². The lowest BCUT2D eigenvalue weighted by Gasteiger charge is -2.20. The Kier molecular flexibility index (Phi) is 3.56. The topological polar surface area (TPSA) is 48.0 Å².